The third-order valence-corrected chi connectivity index (χ3v) is 3.63. The molecule has 0 bridgehead atoms. The SMILES string of the molecule is CCCN(CCC)c1cc(Nc2ccc(OC(C)C)cc2)nc(C)n1. The van der Waals surface area contributed by atoms with Crippen molar-refractivity contribution in [1.29, 1.82) is 0 Å². The maximum absolute atomic E-state index is 5.68. The standard InChI is InChI=1S/C20H30N4O/c1-6-12-24(13-7-2)20-14-19(21-16(5)22-20)23-17-8-10-18(11-9-17)25-15(3)4/h8-11,14-15H,6-7,12-13H2,1-5H3,(H,21,22,23). The fraction of sp³-hybridized carbons (Fsp3) is 0.500. The molecule has 2 aromatic rings. The molecule has 5 heteroatoms. The second-order valence-electron chi connectivity index (χ2n) is 6.46. The van der Waals surface area contributed by atoms with E-state index in [2.05, 4.69) is 34.0 Å². The third-order valence-electron chi connectivity index (χ3n) is 3.63. The van der Waals surface area contributed by atoms with Crippen LogP contribution in [-0.2, 0) is 0 Å². The van der Waals surface area contributed by atoms with Crippen LogP contribution in [0.1, 0.15) is 46.4 Å². The first-order valence-electron chi connectivity index (χ1n) is 9.16. The Kier molecular flexibility index (Phi) is 7.04. The summed E-state index contributed by atoms with van der Waals surface area (Å²) in [5, 5.41) is 3.37. The van der Waals surface area contributed by atoms with Gasteiger partial charge in [0.15, 0.2) is 0 Å². The number of rotatable bonds is 9. The topological polar surface area (TPSA) is 50.3 Å². The summed E-state index contributed by atoms with van der Waals surface area (Å²) in [5.41, 5.74) is 0.984. The lowest BCUT2D eigenvalue weighted by Gasteiger charge is -2.23. The number of nitrogens with one attached hydrogen (secondary N) is 1. The Labute approximate surface area is 151 Å². The maximum atomic E-state index is 5.68. The van der Waals surface area contributed by atoms with Gasteiger partial charge in [-0.25, -0.2) is 9.97 Å². The lowest BCUT2D eigenvalue weighted by atomic mass is 10.3. The molecule has 1 heterocycles. The molecule has 0 radical (unpaired) electrons. The Hall–Kier alpha value is -2.30. The van der Waals surface area contributed by atoms with Crippen LogP contribution in [0.3, 0.4) is 0 Å². The van der Waals surface area contributed by atoms with Crippen LogP contribution in [-0.4, -0.2) is 29.2 Å². The van der Waals surface area contributed by atoms with Gasteiger partial charge in [-0.1, -0.05) is 13.8 Å². The normalized spacial score (nSPS) is 10.8. The first-order valence-corrected chi connectivity index (χ1v) is 9.16. The van der Waals surface area contributed by atoms with Gasteiger partial charge in [-0.3, -0.25) is 0 Å². The summed E-state index contributed by atoms with van der Waals surface area (Å²) >= 11 is 0. The summed E-state index contributed by atoms with van der Waals surface area (Å²) in [7, 11) is 0. The highest BCUT2D eigenvalue weighted by Crippen LogP contribution is 2.22. The lowest BCUT2D eigenvalue weighted by Crippen LogP contribution is -2.26. The van der Waals surface area contributed by atoms with Gasteiger partial charge >= 0.3 is 0 Å². The summed E-state index contributed by atoms with van der Waals surface area (Å²) in [5.74, 6) is 3.45. The molecule has 0 amide bonds. The van der Waals surface area contributed by atoms with Crippen molar-refractivity contribution in [2.24, 2.45) is 0 Å². The molecule has 5 nitrogen and oxygen atoms in total. The van der Waals surface area contributed by atoms with Crippen molar-refractivity contribution < 1.29 is 4.74 Å². The second-order valence-corrected chi connectivity index (χ2v) is 6.46. The van der Waals surface area contributed by atoms with E-state index in [0.29, 0.717) is 0 Å². The summed E-state index contributed by atoms with van der Waals surface area (Å²) in [6, 6.07) is 9.97. The molecule has 136 valence electrons. The molecule has 1 aromatic heterocycles. The smallest absolute Gasteiger partial charge is 0.136 e. The fourth-order valence-corrected chi connectivity index (χ4v) is 2.70. The van der Waals surface area contributed by atoms with Crippen LogP contribution in [0.15, 0.2) is 30.3 Å². The maximum Gasteiger partial charge on any atom is 0.136 e. The molecule has 0 unspecified atom stereocenters. The van der Waals surface area contributed by atoms with Gasteiger partial charge in [0.2, 0.25) is 0 Å². The van der Waals surface area contributed by atoms with E-state index in [4.69, 9.17) is 4.74 Å². The number of nitrogens with zero attached hydrogens (tertiary/aromatic N) is 3. The first-order chi connectivity index (χ1) is 12.0. The number of aryl methyl sites for hydroxylation is 1. The minimum absolute atomic E-state index is 0.175. The Balaban J connectivity index is 2.16. The molecule has 25 heavy (non-hydrogen) atoms. The van der Waals surface area contributed by atoms with Crippen molar-refractivity contribution in [3.63, 3.8) is 0 Å². The van der Waals surface area contributed by atoms with E-state index >= 15 is 0 Å². The van der Waals surface area contributed by atoms with Gasteiger partial charge in [-0.15, -0.1) is 0 Å². The number of hydrogen-bond acceptors (Lipinski definition) is 5. The van der Waals surface area contributed by atoms with Gasteiger partial charge in [-0.05, 0) is 57.9 Å². The van der Waals surface area contributed by atoms with Crippen molar-refractivity contribution in [2.45, 2.75) is 53.6 Å². The predicted molar refractivity (Wildman–Crippen MR) is 105 cm³/mol. The summed E-state index contributed by atoms with van der Waals surface area (Å²) in [4.78, 5) is 11.5. The van der Waals surface area contributed by atoms with E-state index in [-0.39, 0.29) is 6.10 Å². The number of hydrogen-bond donors (Lipinski definition) is 1. The molecule has 0 atom stereocenters. The van der Waals surface area contributed by atoms with Crippen LogP contribution in [0.4, 0.5) is 17.3 Å². The summed E-state index contributed by atoms with van der Waals surface area (Å²) in [6.07, 6.45) is 2.38. The highest BCUT2D eigenvalue weighted by molar-refractivity contribution is 5.60. The molecule has 1 aromatic carbocycles. The van der Waals surface area contributed by atoms with E-state index in [0.717, 1.165) is 54.8 Å². The van der Waals surface area contributed by atoms with E-state index in [1.807, 2.05) is 51.1 Å². The zero-order valence-corrected chi connectivity index (χ0v) is 16.0. The van der Waals surface area contributed by atoms with Gasteiger partial charge < -0.3 is 15.0 Å². The Morgan fingerprint density at radius 3 is 2.24 bits per heavy atom. The van der Waals surface area contributed by atoms with E-state index < -0.39 is 0 Å². The minimum atomic E-state index is 0.175. The van der Waals surface area contributed by atoms with E-state index in [1.165, 1.54) is 0 Å². The van der Waals surface area contributed by atoms with Gasteiger partial charge in [0.05, 0.1) is 6.10 Å². The van der Waals surface area contributed by atoms with Crippen LogP contribution in [0.2, 0.25) is 0 Å². The predicted octanol–water partition coefficient (Wildman–Crippen LogP) is 4.94. The largest absolute Gasteiger partial charge is 0.491 e. The van der Waals surface area contributed by atoms with Gasteiger partial charge in [-0.2, -0.15) is 0 Å². The molecule has 0 aliphatic carbocycles. The monoisotopic (exact) mass is 342 g/mol. The van der Waals surface area contributed by atoms with Gasteiger partial charge in [0, 0.05) is 24.8 Å². The van der Waals surface area contributed by atoms with Crippen molar-refractivity contribution in [1.82, 2.24) is 9.97 Å². The molecule has 0 saturated carbocycles. The average Bonchev–Trinajstić information content (AvgIpc) is 2.55. The first kappa shape index (κ1) is 19.0. The number of aromatic nitrogens is 2. The van der Waals surface area contributed by atoms with Crippen molar-refractivity contribution in [2.75, 3.05) is 23.3 Å². The van der Waals surface area contributed by atoms with Crippen LogP contribution in [0.25, 0.3) is 0 Å². The molecule has 0 aliphatic heterocycles. The number of benzene rings is 1. The molecular weight excluding hydrogens is 312 g/mol. The summed E-state index contributed by atoms with van der Waals surface area (Å²) in [6.45, 7) is 12.4. The molecule has 0 fully saturated rings. The summed E-state index contributed by atoms with van der Waals surface area (Å²) < 4.78 is 5.68. The van der Waals surface area contributed by atoms with E-state index in [1.54, 1.807) is 0 Å². The van der Waals surface area contributed by atoms with Crippen LogP contribution in [0.5, 0.6) is 5.75 Å². The molecule has 0 aliphatic rings. The molecular formula is C20H30N4O. The van der Waals surface area contributed by atoms with Crippen molar-refractivity contribution in [3.05, 3.63) is 36.2 Å². The van der Waals surface area contributed by atoms with E-state index in [9.17, 15) is 0 Å². The van der Waals surface area contributed by atoms with Crippen LogP contribution in [0, 0.1) is 6.92 Å². The second kappa shape index (κ2) is 9.25. The van der Waals surface area contributed by atoms with Gasteiger partial charge in [0.25, 0.3) is 0 Å². The third kappa shape index (κ3) is 5.93. The van der Waals surface area contributed by atoms with Crippen molar-refractivity contribution >= 4 is 17.3 Å². The Morgan fingerprint density at radius 2 is 1.68 bits per heavy atom. The highest BCUT2D eigenvalue weighted by Gasteiger charge is 2.09. The molecule has 0 spiro atoms. The molecule has 0 saturated heterocycles. The number of anilines is 3. The average molecular weight is 342 g/mol. The van der Waals surface area contributed by atoms with Crippen LogP contribution < -0.4 is 15.0 Å². The highest BCUT2D eigenvalue weighted by atomic mass is 16.5. The molecule has 1 N–H and O–H groups in total. The molecule has 2 rings (SSSR count). The number of ether oxygens (including phenoxy) is 1. The van der Waals surface area contributed by atoms with Crippen molar-refractivity contribution in [3.8, 4) is 5.75 Å². The Bertz CT molecular complexity index is 649. The zero-order chi connectivity index (χ0) is 18.2. The minimum Gasteiger partial charge on any atom is -0.491 e. The van der Waals surface area contributed by atoms with Crippen LogP contribution >= 0.6 is 0 Å². The Morgan fingerprint density at radius 1 is 1.04 bits per heavy atom. The zero-order valence-electron chi connectivity index (χ0n) is 16.0. The quantitative estimate of drug-likeness (QED) is 0.699. The lowest BCUT2D eigenvalue weighted by molar-refractivity contribution is 0.242. The van der Waals surface area contributed by atoms with Gasteiger partial charge in [0.1, 0.15) is 23.2 Å². The fourth-order valence-electron chi connectivity index (χ4n) is 2.70.